The molecule has 3 aromatic heterocycles. The monoisotopic (exact) mass is 395 g/mol. The van der Waals surface area contributed by atoms with Gasteiger partial charge in [-0.1, -0.05) is 48.5 Å². The SMILES string of the molecule is O=c1ccccn1C(c1cccnc1)C(c1ccccc1)(c1cccnc1)C1CO1. The van der Waals surface area contributed by atoms with Gasteiger partial charge >= 0.3 is 0 Å². The van der Waals surface area contributed by atoms with Gasteiger partial charge in [-0.2, -0.15) is 0 Å². The van der Waals surface area contributed by atoms with Gasteiger partial charge in [-0.25, -0.2) is 0 Å². The number of hydrogen-bond donors (Lipinski definition) is 0. The Morgan fingerprint density at radius 1 is 0.867 bits per heavy atom. The summed E-state index contributed by atoms with van der Waals surface area (Å²) >= 11 is 0. The van der Waals surface area contributed by atoms with Crippen LogP contribution in [0.1, 0.15) is 22.7 Å². The molecule has 5 rings (SSSR count). The van der Waals surface area contributed by atoms with Crippen LogP contribution in [0.3, 0.4) is 0 Å². The number of epoxide rings is 1. The lowest BCUT2D eigenvalue weighted by Gasteiger charge is -2.41. The van der Waals surface area contributed by atoms with Gasteiger partial charge in [-0.3, -0.25) is 14.8 Å². The minimum absolute atomic E-state index is 0.0730. The third-order valence-electron chi connectivity index (χ3n) is 5.79. The van der Waals surface area contributed by atoms with Crippen molar-refractivity contribution in [1.82, 2.24) is 14.5 Å². The van der Waals surface area contributed by atoms with Crippen molar-refractivity contribution in [2.45, 2.75) is 17.6 Å². The first-order chi connectivity index (χ1) is 14.8. The normalized spacial score (nSPS) is 18.3. The fourth-order valence-corrected chi connectivity index (χ4v) is 4.50. The Labute approximate surface area is 174 Å². The number of benzene rings is 1. The molecule has 4 heterocycles. The maximum atomic E-state index is 13.1. The molecule has 0 amide bonds. The molecule has 1 aromatic carbocycles. The van der Waals surface area contributed by atoms with Crippen molar-refractivity contribution in [3.8, 4) is 0 Å². The van der Waals surface area contributed by atoms with Crippen LogP contribution in [0.25, 0.3) is 0 Å². The van der Waals surface area contributed by atoms with E-state index in [0.717, 1.165) is 16.7 Å². The molecule has 1 aliphatic rings. The van der Waals surface area contributed by atoms with Gasteiger partial charge in [-0.05, 0) is 34.9 Å². The van der Waals surface area contributed by atoms with E-state index in [-0.39, 0.29) is 17.7 Å². The zero-order chi connectivity index (χ0) is 20.4. The maximum absolute atomic E-state index is 13.1. The van der Waals surface area contributed by atoms with E-state index in [4.69, 9.17) is 4.74 Å². The van der Waals surface area contributed by atoms with Crippen LogP contribution in [-0.2, 0) is 10.2 Å². The molecule has 3 atom stereocenters. The summed E-state index contributed by atoms with van der Waals surface area (Å²) < 4.78 is 7.77. The number of nitrogens with zero attached hydrogens (tertiary/aromatic N) is 3. The first-order valence-electron chi connectivity index (χ1n) is 9.96. The maximum Gasteiger partial charge on any atom is 0.251 e. The summed E-state index contributed by atoms with van der Waals surface area (Å²) in [6.07, 6.45) is 8.97. The van der Waals surface area contributed by atoms with E-state index in [0.29, 0.717) is 6.61 Å². The molecule has 5 heteroatoms. The Balaban J connectivity index is 1.89. The molecule has 4 aromatic rings. The van der Waals surface area contributed by atoms with Crippen molar-refractivity contribution in [2.24, 2.45) is 0 Å². The summed E-state index contributed by atoms with van der Waals surface area (Å²) in [4.78, 5) is 21.9. The van der Waals surface area contributed by atoms with E-state index in [1.165, 1.54) is 0 Å². The first-order valence-corrected chi connectivity index (χ1v) is 9.96. The van der Waals surface area contributed by atoms with Gasteiger partial charge in [0.05, 0.1) is 24.2 Å². The van der Waals surface area contributed by atoms with Crippen molar-refractivity contribution < 1.29 is 4.74 Å². The molecule has 0 N–H and O–H groups in total. The first kappa shape index (κ1) is 18.5. The van der Waals surface area contributed by atoms with Crippen LogP contribution >= 0.6 is 0 Å². The third kappa shape index (κ3) is 3.04. The smallest absolute Gasteiger partial charge is 0.251 e. The molecule has 0 radical (unpaired) electrons. The van der Waals surface area contributed by atoms with Crippen molar-refractivity contribution in [3.63, 3.8) is 0 Å². The van der Waals surface area contributed by atoms with E-state index in [1.807, 2.05) is 61.1 Å². The summed E-state index contributed by atoms with van der Waals surface area (Å²) in [5.41, 5.74) is 2.29. The van der Waals surface area contributed by atoms with Crippen LogP contribution in [0.4, 0.5) is 0 Å². The van der Waals surface area contributed by atoms with E-state index < -0.39 is 5.41 Å². The molecule has 3 unspecified atom stereocenters. The number of rotatable bonds is 6. The zero-order valence-electron chi connectivity index (χ0n) is 16.3. The van der Waals surface area contributed by atoms with Gasteiger partial charge < -0.3 is 9.30 Å². The fraction of sp³-hybridized carbons (Fsp3) is 0.160. The highest BCUT2D eigenvalue weighted by atomic mass is 16.6. The predicted octanol–water partition coefficient (Wildman–Crippen LogP) is 3.61. The van der Waals surface area contributed by atoms with Crippen molar-refractivity contribution >= 4 is 0 Å². The quantitative estimate of drug-likeness (QED) is 0.468. The molecule has 30 heavy (non-hydrogen) atoms. The van der Waals surface area contributed by atoms with Crippen LogP contribution in [0.5, 0.6) is 0 Å². The summed E-state index contributed by atoms with van der Waals surface area (Å²) in [5, 5.41) is 0. The average Bonchev–Trinajstić information content (AvgIpc) is 3.66. The Bertz CT molecular complexity index is 1130. The molecule has 1 fully saturated rings. The van der Waals surface area contributed by atoms with Gasteiger partial charge in [0.2, 0.25) is 0 Å². The van der Waals surface area contributed by atoms with E-state index in [9.17, 15) is 4.79 Å². The summed E-state index contributed by atoms with van der Waals surface area (Å²) in [5.74, 6) is 0. The van der Waals surface area contributed by atoms with Crippen LogP contribution in [-0.4, -0.2) is 27.2 Å². The number of aromatic nitrogens is 3. The lowest BCUT2D eigenvalue weighted by atomic mass is 9.65. The molecule has 148 valence electrons. The zero-order valence-corrected chi connectivity index (χ0v) is 16.3. The average molecular weight is 395 g/mol. The highest BCUT2D eigenvalue weighted by Crippen LogP contribution is 2.51. The van der Waals surface area contributed by atoms with Gasteiger partial charge in [0, 0.05) is 37.1 Å². The lowest BCUT2D eigenvalue weighted by molar-refractivity contribution is 0.258. The number of ether oxygens (including phenoxy) is 1. The van der Waals surface area contributed by atoms with Crippen molar-refractivity contribution in [2.75, 3.05) is 6.61 Å². The Hall–Kier alpha value is -3.57. The largest absolute Gasteiger partial charge is 0.372 e. The Morgan fingerprint density at radius 3 is 2.20 bits per heavy atom. The second-order valence-corrected chi connectivity index (χ2v) is 7.43. The van der Waals surface area contributed by atoms with Gasteiger partial charge in [-0.15, -0.1) is 0 Å². The molecular weight excluding hydrogens is 374 g/mol. The van der Waals surface area contributed by atoms with Crippen LogP contribution in [0, 0.1) is 0 Å². The second kappa shape index (κ2) is 7.69. The molecule has 1 aliphatic heterocycles. The molecule has 1 saturated heterocycles. The van der Waals surface area contributed by atoms with Crippen LogP contribution < -0.4 is 5.56 Å². The van der Waals surface area contributed by atoms with Crippen LogP contribution in [0.2, 0.25) is 0 Å². The number of hydrogen-bond acceptors (Lipinski definition) is 4. The summed E-state index contributed by atoms with van der Waals surface area (Å²) in [7, 11) is 0. The number of pyridine rings is 3. The van der Waals surface area contributed by atoms with E-state index >= 15 is 0 Å². The minimum atomic E-state index is -0.649. The minimum Gasteiger partial charge on any atom is -0.372 e. The van der Waals surface area contributed by atoms with Gasteiger partial charge in [0.25, 0.3) is 5.56 Å². The lowest BCUT2D eigenvalue weighted by Crippen LogP contribution is -2.46. The highest BCUT2D eigenvalue weighted by molar-refractivity contribution is 5.47. The highest BCUT2D eigenvalue weighted by Gasteiger charge is 2.56. The third-order valence-corrected chi connectivity index (χ3v) is 5.79. The molecule has 5 nitrogen and oxygen atoms in total. The Morgan fingerprint density at radius 2 is 1.57 bits per heavy atom. The van der Waals surface area contributed by atoms with Crippen molar-refractivity contribution in [1.29, 1.82) is 0 Å². The Kier molecular flexibility index (Phi) is 4.73. The fourth-order valence-electron chi connectivity index (χ4n) is 4.50. The molecular formula is C25H21N3O2. The standard InChI is InChI=1S/C25H21N3O2/c29-23-12-4-5-15-28(23)24(19-8-6-13-26-16-19)25(22-18-30-22,20-9-2-1-3-10-20)21-11-7-14-27-17-21/h1-17,22,24H,18H2. The molecule has 0 spiro atoms. The van der Waals surface area contributed by atoms with E-state index in [1.54, 1.807) is 29.1 Å². The van der Waals surface area contributed by atoms with E-state index in [2.05, 4.69) is 28.2 Å². The molecule has 0 saturated carbocycles. The molecule has 0 bridgehead atoms. The van der Waals surface area contributed by atoms with Crippen LogP contribution in [0.15, 0.2) is 109 Å². The second-order valence-electron chi connectivity index (χ2n) is 7.43. The predicted molar refractivity (Wildman–Crippen MR) is 114 cm³/mol. The topological polar surface area (TPSA) is 60.3 Å². The summed E-state index contributed by atoms with van der Waals surface area (Å²) in [6.45, 7) is 0.613. The van der Waals surface area contributed by atoms with Gasteiger partial charge in [0.15, 0.2) is 0 Å². The summed E-state index contributed by atoms with van der Waals surface area (Å²) in [6, 6.07) is 23.1. The molecule has 0 aliphatic carbocycles. The van der Waals surface area contributed by atoms with Crippen molar-refractivity contribution in [3.05, 3.63) is 131 Å². The van der Waals surface area contributed by atoms with Gasteiger partial charge in [0.1, 0.15) is 0 Å².